The first kappa shape index (κ1) is 21.0. The zero-order valence-corrected chi connectivity index (χ0v) is 18.3. The Bertz CT molecular complexity index is 1180. The lowest BCUT2D eigenvalue weighted by Crippen LogP contribution is -2.49. The van der Waals surface area contributed by atoms with Gasteiger partial charge in [0.15, 0.2) is 5.82 Å². The van der Waals surface area contributed by atoms with Gasteiger partial charge in [-0.05, 0) is 50.2 Å². The van der Waals surface area contributed by atoms with E-state index in [9.17, 15) is 13.2 Å². The van der Waals surface area contributed by atoms with E-state index in [0.29, 0.717) is 12.4 Å². The van der Waals surface area contributed by atoms with E-state index in [0.717, 1.165) is 16.9 Å². The largest absolute Gasteiger partial charge is 0.312 e. The second-order valence-electron chi connectivity index (χ2n) is 7.32. The van der Waals surface area contributed by atoms with Crippen LogP contribution in [0, 0.1) is 6.92 Å². The minimum absolute atomic E-state index is 0.00743. The summed E-state index contributed by atoms with van der Waals surface area (Å²) in [5.41, 5.74) is 2.65. The Morgan fingerprint density at radius 2 is 1.74 bits per heavy atom. The van der Waals surface area contributed by atoms with Crippen LogP contribution in [0.25, 0.3) is 0 Å². The fraction of sp³-hybridized carbons (Fsp3) is 0.217. The average Bonchev–Trinajstić information content (AvgIpc) is 2.78. The van der Waals surface area contributed by atoms with E-state index in [2.05, 4.69) is 4.98 Å². The third-order valence-corrected chi connectivity index (χ3v) is 7.06. The summed E-state index contributed by atoms with van der Waals surface area (Å²) in [6, 6.07) is 20.2. The lowest BCUT2D eigenvalue weighted by atomic mass is 10.2. The van der Waals surface area contributed by atoms with Crippen LogP contribution in [0.3, 0.4) is 0 Å². The maximum absolute atomic E-state index is 13.3. The second kappa shape index (κ2) is 8.49. The van der Waals surface area contributed by atoms with E-state index in [1.54, 1.807) is 17.2 Å². The van der Waals surface area contributed by atoms with Gasteiger partial charge in [0.25, 0.3) is 0 Å². The van der Waals surface area contributed by atoms with Crippen LogP contribution in [0.4, 0.5) is 17.2 Å². The van der Waals surface area contributed by atoms with Gasteiger partial charge in [0.2, 0.25) is 15.9 Å². The molecule has 2 aromatic carbocycles. The number of hydrogen-bond donors (Lipinski definition) is 0. The Morgan fingerprint density at radius 1 is 1.03 bits per heavy atom. The highest BCUT2D eigenvalue weighted by Crippen LogP contribution is 2.36. The molecule has 2 heterocycles. The first-order valence-electron chi connectivity index (χ1n) is 10.1. The third-order valence-electron chi connectivity index (χ3n) is 5.27. The average molecular weight is 437 g/mol. The van der Waals surface area contributed by atoms with E-state index >= 15 is 0 Å². The maximum atomic E-state index is 13.3. The van der Waals surface area contributed by atoms with Crippen LogP contribution in [0.2, 0.25) is 0 Å². The van der Waals surface area contributed by atoms with E-state index in [-0.39, 0.29) is 24.0 Å². The van der Waals surface area contributed by atoms with Crippen LogP contribution < -0.4 is 9.80 Å². The molecule has 4 rings (SSSR count). The highest BCUT2D eigenvalue weighted by molar-refractivity contribution is 7.89. The van der Waals surface area contributed by atoms with Crippen molar-refractivity contribution in [2.45, 2.75) is 18.7 Å². The van der Waals surface area contributed by atoms with Gasteiger partial charge in [-0.1, -0.05) is 35.9 Å². The van der Waals surface area contributed by atoms with Crippen molar-refractivity contribution in [2.75, 3.05) is 29.6 Å². The lowest BCUT2D eigenvalue weighted by Gasteiger charge is -2.37. The standard InChI is InChI=1S/C23H24N4O3S/c1-3-26(19-8-5-4-6-9-19)22(28)16-25-17-27(20-13-11-18(2)12-14-20)23-21(31(25,29)30)10-7-15-24-23/h4-15H,3,16-17H2,1-2H3. The van der Waals surface area contributed by atoms with Gasteiger partial charge in [-0.25, -0.2) is 13.4 Å². The number of hydrogen-bond acceptors (Lipinski definition) is 5. The fourth-order valence-electron chi connectivity index (χ4n) is 3.64. The third kappa shape index (κ3) is 4.04. The summed E-state index contributed by atoms with van der Waals surface area (Å²) in [6.07, 6.45) is 1.57. The number of carbonyl (C=O) groups is 1. The van der Waals surface area contributed by atoms with Gasteiger partial charge in [0, 0.05) is 24.1 Å². The number of fused-ring (bicyclic) bond motifs is 1. The van der Waals surface area contributed by atoms with Crippen LogP contribution in [-0.4, -0.2) is 43.4 Å². The normalized spacial score (nSPS) is 15.4. The summed E-state index contributed by atoms with van der Waals surface area (Å²) in [6.45, 7) is 4.05. The molecule has 160 valence electrons. The van der Waals surface area contributed by atoms with Crippen LogP contribution in [0.5, 0.6) is 0 Å². The number of anilines is 3. The number of aromatic nitrogens is 1. The first-order valence-corrected chi connectivity index (χ1v) is 11.5. The molecular formula is C23H24N4O3S. The Balaban J connectivity index is 1.69. The molecule has 1 aliphatic rings. The summed E-state index contributed by atoms with van der Waals surface area (Å²) < 4.78 is 27.8. The molecule has 0 N–H and O–H groups in total. The predicted molar refractivity (Wildman–Crippen MR) is 121 cm³/mol. The number of nitrogens with zero attached hydrogens (tertiary/aromatic N) is 4. The van der Waals surface area contributed by atoms with Gasteiger partial charge in [-0.3, -0.25) is 4.79 Å². The Hall–Kier alpha value is -3.23. The molecule has 0 bridgehead atoms. The number of aryl methyl sites for hydroxylation is 1. The summed E-state index contributed by atoms with van der Waals surface area (Å²) in [5.74, 6) is 0.0823. The topological polar surface area (TPSA) is 73.8 Å². The Labute approximate surface area is 182 Å². The molecule has 0 aliphatic carbocycles. The molecule has 3 aromatic rings. The number of rotatable bonds is 5. The van der Waals surface area contributed by atoms with E-state index in [1.165, 1.54) is 10.4 Å². The van der Waals surface area contributed by atoms with Crippen molar-refractivity contribution in [3.8, 4) is 0 Å². The molecule has 0 spiro atoms. The minimum Gasteiger partial charge on any atom is -0.312 e. The van der Waals surface area contributed by atoms with Crippen molar-refractivity contribution in [1.82, 2.24) is 9.29 Å². The Kier molecular flexibility index (Phi) is 5.75. The van der Waals surface area contributed by atoms with Crippen molar-refractivity contribution in [3.05, 3.63) is 78.5 Å². The number of likely N-dealkylation sites (N-methyl/N-ethyl adjacent to an activating group) is 1. The van der Waals surface area contributed by atoms with Gasteiger partial charge in [-0.2, -0.15) is 4.31 Å². The summed E-state index contributed by atoms with van der Waals surface area (Å²) in [7, 11) is -3.87. The molecule has 0 fully saturated rings. The summed E-state index contributed by atoms with van der Waals surface area (Å²) >= 11 is 0. The molecule has 0 saturated carbocycles. The molecule has 0 saturated heterocycles. The summed E-state index contributed by atoms with van der Waals surface area (Å²) in [5, 5.41) is 0. The number of benzene rings is 2. The molecule has 0 atom stereocenters. The van der Waals surface area contributed by atoms with Crippen molar-refractivity contribution >= 4 is 33.1 Å². The second-order valence-corrected chi connectivity index (χ2v) is 9.23. The van der Waals surface area contributed by atoms with E-state index in [1.807, 2.05) is 73.3 Å². The molecule has 0 radical (unpaired) electrons. The number of amides is 1. The smallest absolute Gasteiger partial charge is 0.248 e. The number of pyridine rings is 1. The van der Waals surface area contributed by atoms with Gasteiger partial charge >= 0.3 is 0 Å². The van der Waals surface area contributed by atoms with Crippen LogP contribution in [0.1, 0.15) is 12.5 Å². The van der Waals surface area contributed by atoms with Gasteiger partial charge < -0.3 is 9.80 Å². The lowest BCUT2D eigenvalue weighted by molar-refractivity contribution is -0.118. The van der Waals surface area contributed by atoms with Crippen molar-refractivity contribution in [3.63, 3.8) is 0 Å². The predicted octanol–water partition coefficient (Wildman–Crippen LogP) is 3.54. The molecule has 1 aromatic heterocycles. The Morgan fingerprint density at radius 3 is 2.42 bits per heavy atom. The van der Waals surface area contributed by atoms with E-state index in [4.69, 9.17) is 0 Å². The SMILES string of the molecule is CCN(C(=O)CN1CN(c2ccc(C)cc2)c2ncccc2S1(=O)=O)c1ccccc1. The monoisotopic (exact) mass is 436 g/mol. The molecule has 1 aliphatic heterocycles. The molecule has 1 amide bonds. The quantitative estimate of drug-likeness (QED) is 0.612. The molecule has 0 unspecified atom stereocenters. The number of carbonyl (C=O) groups excluding carboxylic acids is 1. The highest BCUT2D eigenvalue weighted by atomic mass is 32.2. The first-order chi connectivity index (χ1) is 14.9. The van der Waals surface area contributed by atoms with Crippen molar-refractivity contribution in [2.24, 2.45) is 0 Å². The summed E-state index contributed by atoms with van der Waals surface area (Å²) in [4.78, 5) is 21.0. The fourth-order valence-corrected chi connectivity index (χ4v) is 5.11. The molecular weight excluding hydrogens is 412 g/mol. The molecule has 7 nitrogen and oxygen atoms in total. The van der Waals surface area contributed by atoms with Crippen molar-refractivity contribution in [1.29, 1.82) is 0 Å². The van der Waals surface area contributed by atoms with Gasteiger partial charge in [-0.15, -0.1) is 0 Å². The number of sulfonamides is 1. The zero-order valence-electron chi connectivity index (χ0n) is 17.5. The number of para-hydroxylation sites is 1. The van der Waals surface area contributed by atoms with Crippen LogP contribution in [0.15, 0.2) is 77.8 Å². The zero-order chi connectivity index (χ0) is 22.0. The van der Waals surface area contributed by atoms with E-state index < -0.39 is 10.0 Å². The molecule has 8 heteroatoms. The molecule has 31 heavy (non-hydrogen) atoms. The maximum Gasteiger partial charge on any atom is 0.248 e. The van der Waals surface area contributed by atoms with Crippen LogP contribution in [-0.2, 0) is 14.8 Å². The van der Waals surface area contributed by atoms with Gasteiger partial charge in [0.1, 0.15) is 4.90 Å². The minimum atomic E-state index is -3.87. The van der Waals surface area contributed by atoms with Crippen LogP contribution >= 0.6 is 0 Å². The van der Waals surface area contributed by atoms with Gasteiger partial charge in [0.05, 0.1) is 13.2 Å². The highest BCUT2D eigenvalue weighted by Gasteiger charge is 2.38. The van der Waals surface area contributed by atoms with Crippen molar-refractivity contribution < 1.29 is 13.2 Å².